The van der Waals surface area contributed by atoms with Gasteiger partial charge in [-0.3, -0.25) is 9.59 Å². The number of halogens is 1. The van der Waals surface area contributed by atoms with E-state index in [-0.39, 0.29) is 17.6 Å². The van der Waals surface area contributed by atoms with Gasteiger partial charge in [0, 0.05) is 16.1 Å². The third-order valence-corrected chi connectivity index (χ3v) is 5.62. The van der Waals surface area contributed by atoms with Crippen molar-refractivity contribution in [3.8, 4) is 11.5 Å². The summed E-state index contributed by atoms with van der Waals surface area (Å²) in [6, 6.07) is 19.3. The highest BCUT2D eigenvalue weighted by atomic mass is 35.5. The van der Waals surface area contributed by atoms with E-state index in [0.717, 1.165) is 4.90 Å². The first kappa shape index (κ1) is 22.5. The number of amides is 2. The molecule has 3 rings (SSSR count). The van der Waals surface area contributed by atoms with Crippen LogP contribution < -0.4 is 20.1 Å². The minimum absolute atomic E-state index is 0.149. The Morgan fingerprint density at radius 3 is 2.29 bits per heavy atom. The van der Waals surface area contributed by atoms with Gasteiger partial charge in [0.15, 0.2) is 11.5 Å². The second-order valence-corrected chi connectivity index (χ2v) is 7.82. The average molecular weight is 457 g/mol. The van der Waals surface area contributed by atoms with Gasteiger partial charge in [0.2, 0.25) is 5.91 Å². The SMILES string of the molecule is COc1ccc(C(=O)Nc2ccc(SCC(=O)Nc3ccccc3Cl)cc2)cc1OC. The number of para-hydroxylation sites is 1. The van der Waals surface area contributed by atoms with E-state index in [1.807, 2.05) is 18.2 Å². The van der Waals surface area contributed by atoms with E-state index in [4.69, 9.17) is 21.1 Å². The van der Waals surface area contributed by atoms with Crippen molar-refractivity contribution in [2.75, 3.05) is 30.6 Å². The highest BCUT2D eigenvalue weighted by Gasteiger charge is 2.11. The molecule has 0 aliphatic heterocycles. The molecule has 2 amide bonds. The molecule has 0 bridgehead atoms. The van der Waals surface area contributed by atoms with Crippen LogP contribution in [0.2, 0.25) is 5.02 Å². The Balaban J connectivity index is 1.54. The standard InChI is InChI=1S/C23H21ClN2O4S/c1-29-20-12-7-15(13-21(20)30-2)23(28)25-16-8-10-17(11-9-16)31-14-22(27)26-19-6-4-3-5-18(19)24/h3-13H,14H2,1-2H3,(H,25,28)(H,26,27). The summed E-state index contributed by atoms with van der Waals surface area (Å²) in [5, 5.41) is 6.12. The van der Waals surface area contributed by atoms with Gasteiger partial charge >= 0.3 is 0 Å². The summed E-state index contributed by atoms with van der Waals surface area (Å²) in [6.45, 7) is 0. The summed E-state index contributed by atoms with van der Waals surface area (Å²) >= 11 is 7.44. The van der Waals surface area contributed by atoms with Crippen molar-refractivity contribution in [2.24, 2.45) is 0 Å². The van der Waals surface area contributed by atoms with Gasteiger partial charge in [0.1, 0.15) is 0 Å². The van der Waals surface area contributed by atoms with Gasteiger partial charge in [-0.2, -0.15) is 0 Å². The summed E-state index contributed by atoms with van der Waals surface area (Å²) < 4.78 is 10.4. The van der Waals surface area contributed by atoms with E-state index in [9.17, 15) is 9.59 Å². The number of carbonyl (C=O) groups is 2. The van der Waals surface area contributed by atoms with E-state index in [0.29, 0.717) is 33.5 Å². The number of carbonyl (C=O) groups excluding carboxylic acids is 2. The molecule has 0 spiro atoms. The Morgan fingerprint density at radius 1 is 0.903 bits per heavy atom. The lowest BCUT2D eigenvalue weighted by atomic mass is 10.2. The molecular formula is C23H21ClN2O4S. The summed E-state index contributed by atoms with van der Waals surface area (Å²) in [4.78, 5) is 25.5. The molecule has 0 radical (unpaired) electrons. The van der Waals surface area contributed by atoms with Crippen molar-refractivity contribution >= 4 is 46.6 Å². The van der Waals surface area contributed by atoms with Gasteiger partial charge in [-0.05, 0) is 54.6 Å². The Labute approximate surface area is 189 Å². The van der Waals surface area contributed by atoms with E-state index in [1.54, 1.807) is 48.5 Å². The number of hydrogen-bond acceptors (Lipinski definition) is 5. The summed E-state index contributed by atoms with van der Waals surface area (Å²) in [7, 11) is 3.06. The average Bonchev–Trinajstić information content (AvgIpc) is 2.79. The quantitative estimate of drug-likeness (QED) is 0.447. The second-order valence-electron chi connectivity index (χ2n) is 6.36. The molecule has 0 aromatic heterocycles. The maximum Gasteiger partial charge on any atom is 0.255 e. The zero-order chi connectivity index (χ0) is 22.2. The lowest BCUT2D eigenvalue weighted by molar-refractivity contribution is -0.113. The van der Waals surface area contributed by atoms with Gasteiger partial charge in [0.25, 0.3) is 5.91 Å². The number of hydrogen-bond donors (Lipinski definition) is 2. The van der Waals surface area contributed by atoms with Gasteiger partial charge in [-0.15, -0.1) is 11.8 Å². The first-order valence-electron chi connectivity index (χ1n) is 9.31. The fraction of sp³-hybridized carbons (Fsp3) is 0.130. The molecule has 3 aromatic carbocycles. The van der Waals surface area contributed by atoms with Crippen molar-refractivity contribution in [3.05, 3.63) is 77.3 Å². The fourth-order valence-electron chi connectivity index (χ4n) is 2.71. The summed E-state index contributed by atoms with van der Waals surface area (Å²) in [5.74, 6) is 0.864. The number of benzene rings is 3. The van der Waals surface area contributed by atoms with Crippen molar-refractivity contribution in [1.82, 2.24) is 0 Å². The minimum atomic E-state index is -0.263. The smallest absolute Gasteiger partial charge is 0.255 e. The number of methoxy groups -OCH3 is 2. The molecule has 0 aliphatic carbocycles. The second kappa shape index (κ2) is 10.7. The van der Waals surface area contributed by atoms with E-state index < -0.39 is 0 Å². The molecule has 160 valence electrons. The number of rotatable bonds is 8. The molecule has 2 N–H and O–H groups in total. The van der Waals surface area contributed by atoms with Crippen LogP contribution in [0.3, 0.4) is 0 Å². The molecule has 0 unspecified atom stereocenters. The van der Waals surface area contributed by atoms with E-state index in [2.05, 4.69) is 10.6 Å². The largest absolute Gasteiger partial charge is 0.493 e. The molecule has 0 aliphatic rings. The summed E-state index contributed by atoms with van der Waals surface area (Å²) in [5.41, 5.74) is 1.68. The van der Waals surface area contributed by atoms with Crippen molar-refractivity contribution in [1.29, 1.82) is 0 Å². The van der Waals surface area contributed by atoms with Crippen LogP contribution >= 0.6 is 23.4 Å². The Kier molecular flexibility index (Phi) is 7.81. The minimum Gasteiger partial charge on any atom is -0.493 e. The normalized spacial score (nSPS) is 10.3. The highest BCUT2D eigenvalue weighted by Crippen LogP contribution is 2.28. The van der Waals surface area contributed by atoms with Crippen molar-refractivity contribution < 1.29 is 19.1 Å². The fourth-order valence-corrected chi connectivity index (χ4v) is 3.59. The van der Waals surface area contributed by atoms with Gasteiger partial charge in [0.05, 0.1) is 30.7 Å². The maximum atomic E-state index is 12.5. The Bertz CT molecular complexity index is 1070. The van der Waals surface area contributed by atoms with Gasteiger partial charge in [-0.25, -0.2) is 0 Å². The van der Waals surface area contributed by atoms with Crippen LogP contribution in [0.25, 0.3) is 0 Å². The van der Waals surface area contributed by atoms with Crippen LogP contribution in [0.5, 0.6) is 11.5 Å². The topological polar surface area (TPSA) is 76.7 Å². The zero-order valence-electron chi connectivity index (χ0n) is 17.0. The van der Waals surface area contributed by atoms with Crippen LogP contribution in [0.4, 0.5) is 11.4 Å². The summed E-state index contributed by atoms with van der Waals surface area (Å²) in [6.07, 6.45) is 0. The molecule has 31 heavy (non-hydrogen) atoms. The Morgan fingerprint density at radius 2 is 1.61 bits per heavy atom. The third kappa shape index (κ3) is 6.16. The number of anilines is 2. The third-order valence-electron chi connectivity index (χ3n) is 4.28. The van der Waals surface area contributed by atoms with Crippen molar-refractivity contribution in [2.45, 2.75) is 4.90 Å². The van der Waals surface area contributed by atoms with Gasteiger partial charge < -0.3 is 20.1 Å². The first-order valence-corrected chi connectivity index (χ1v) is 10.7. The maximum absolute atomic E-state index is 12.5. The first-order chi connectivity index (χ1) is 15.0. The Hall–Kier alpha value is -3.16. The zero-order valence-corrected chi connectivity index (χ0v) is 18.5. The number of thioether (sulfide) groups is 1. The predicted molar refractivity (Wildman–Crippen MR) is 125 cm³/mol. The molecular weight excluding hydrogens is 436 g/mol. The van der Waals surface area contributed by atoms with Crippen LogP contribution in [0.15, 0.2) is 71.6 Å². The molecule has 0 saturated carbocycles. The van der Waals surface area contributed by atoms with Crippen LogP contribution in [0, 0.1) is 0 Å². The molecule has 6 nitrogen and oxygen atoms in total. The van der Waals surface area contributed by atoms with E-state index >= 15 is 0 Å². The highest BCUT2D eigenvalue weighted by molar-refractivity contribution is 8.00. The van der Waals surface area contributed by atoms with Crippen LogP contribution in [-0.2, 0) is 4.79 Å². The number of ether oxygens (including phenoxy) is 2. The lowest BCUT2D eigenvalue weighted by Crippen LogP contribution is -2.14. The van der Waals surface area contributed by atoms with Crippen LogP contribution in [-0.4, -0.2) is 31.8 Å². The molecule has 0 saturated heterocycles. The van der Waals surface area contributed by atoms with E-state index in [1.165, 1.54) is 26.0 Å². The molecule has 0 heterocycles. The van der Waals surface area contributed by atoms with Crippen LogP contribution in [0.1, 0.15) is 10.4 Å². The lowest BCUT2D eigenvalue weighted by Gasteiger charge is -2.10. The predicted octanol–water partition coefficient (Wildman–Crippen LogP) is 5.34. The van der Waals surface area contributed by atoms with Crippen molar-refractivity contribution in [3.63, 3.8) is 0 Å². The number of nitrogens with one attached hydrogen (secondary N) is 2. The monoisotopic (exact) mass is 456 g/mol. The van der Waals surface area contributed by atoms with Gasteiger partial charge in [-0.1, -0.05) is 23.7 Å². The molecule has 0 atom stereocenters. The molecule has 3 aromatic rings. The molecule has 0 fully saturated rings. The molecule has 8 heteroatoms.